The van der Waals surface area contributed by atoms with Crippen molar-refractivity contribution >= 4 is 29.4 Å². The Balaban J connectivity index is 1.54. The fourth-order valence-corrected chi connectivity index (χ4v) is 3.21. The summed E-state index contributed by atoms with van der Waals surface area (Å²) in [5.41, 5.74) is 0.611. The van der Waals surface area contributed by atoms with Crippen LogP contribution in [0.5, 0.6) is 5.75 Å². The Labute approximate surface area is 175 Å². The number of imide groups is 1. The van der Waals surface area contributed by atoms with E-state index in [-0.39, 0.29) is 40.2 Å². The van der Waals surface area contributed by atoms with Gasteiger partial charge in [-0.15, -0.1) is 0 Å². The zero-order chi connectivity index (χ0) is 22.1. The van der Waals surface area contributed by atoms with Gasteiger partial charge in [-0.2, -0.15) is 0 Å². The van der Waals surface area contributed by atoms with Crippen molar-refractivity contribution in [1.82, 2.24) is 4.90 Å². The number of ether oxygens (including phenoxy) is 1. The van der Waals surface area contributed by atoms with Crippen molar-refractivity contribution in [3.63, 3.8) is 0 Å². The van der Waals surface area contributed by atoms with Crippen molar-refractivity contribution in [3.8, 4) is 5.75 Å². The summed E-state index contributed by atoms with van der Waals surface area (Å²) in [4.78, 5) is 50.4. The average Bonchev–Trinajstić information content (AvgIpc) is 3.37. The summed E-state index contributed by atoms with van der Waals surface area (Å²) in [7, 11) is 1.21. The molecule has 3 aromatic rings. The zero-order valence-corrected chi connectivity index (χ0v) is 16.2. The molecule has 4 rings (SSSR count). The normalized spacial score (nSPS) is 12.6. The molecule has 3 amide bonds. The maximum absolute atomic E-state index is 12.7. The molecule has 0 spiro atoms. The lowest BCUT2D eigenvalue weighted by molar-refractivity contribution is 0.0596. The van der Waals surface area contributed by atoms with Crippen molar-refractivity contribution in [1.29, 1.82) is 0 Å². The molecule has 0 saturated heterocycles. The van der Waals surface area contributed by atoms with Gasteiger partial charge in [-0.3, -0.25) is 19.3 Å². The number of fused-ring (bicyclic) bond motifs is 1. The third-order valence-electron chi connectivity index (χ3n) is 4.79. The number of nitrogens with zero attached hydrogens (tertiary/aromatic N) is 1. The Morgan fingerprint density at radius 2 is 1.77 bits per heavy atom. The number of carbonyl (C=O) groups is 4. The minimum atomic E-state index is -0.630. The third kappa shape index (κ3) is 3.64. The van der Waals surface area contributed by atoms with Crippen molar-refractivity contribution in [2.24, 2.45) is 0 Å². The van der Waals surface area contributed by atoms with Gasteiger partial charge in [-0.25, -0.2) is 4.79 Å². The summed E-state index contributed by atoms with van der Waals surface area (Å²) in [5.74, 6) is -2.11. The van der Waals surface area contributed by atoms with Crippen molar-refractivity contribution in [2.75, 3.05) is 12.4 Å². The van der Waals surface area contributed by atoms with Crippen LogP contribution in [0.15, 0.2) is 59.2 Å². The highest BCUT2D eigenvalue weighted by atomic mass is 16.5. The number of esters is 1. The highest BCUT2D eigenvalue weighted by Crippen LogP contribution is 2.28. The molecule has 0 fully saturated rings. The molecular formula is C22H16N2O7. The molecule has 1 aliphatic rings. The number of furan rings is 1. The van der Waals surface area contributed by atoms with Crippen molar-refractivity contribution < 1.29 is 33.4 Å². The monoisotopic (exact) mass is 420 g/mol. The summed E-state index contributed by atoms with van der Waals surface area (Å²) in [6.45, 7) is -0.0126. The van der Waals surface area contributed by atoms with E-state index in [1.54, 1.807) is 12.1 Å². The van der Waals surface area contributed by atoms with Gasteiger partial charge in [0, 0.05) is 5.56 Å². The molecule has 0 saturated carbocycles. The quantitative estimate of drug-likeness (QED) is 0.369. The number of amides is 3. The number of phenols is 1. The van der Waals surface area contributed by atoms with Crippen LogP contribution in [0.25, 0.3) is 0 Å². The Kier molecular flexibility index (Phi) is 5.00. The van der Waals surface area contributed by atoms with E-state index in [0.29, 0.717) is 5.76 Å². The molecule has 0 bridgehead atoms. The van der Waals surface area contributed by atoms with Crippen molar-refractivity contribution in [3.05, 3.63) is 82.8 Å². The molecule has 1 aromatic heterocycles. The minimum absolute atomic E-state index is 0.0126. The second kappa shape index (κ2) is 7.79. The molecule has 0 aliphatic carbocycles. The third-order valence-corrected chi connectivity index (χ3v) is 4.79. The molecule has 2 N–H and O–H groups in total. The highest BCUT2D eigenvalue weighted by molar-refractivity contribution is 6.22. The van der Waals surface area contributed by atoms with E-state index in [0.717, 1.165) is 4.90 Å². The lowest BCUT2D eigenvalue weighted by Crippen LogP contribution is -2.28. The smallest absolute Gasteiger partial charge is 0.337 e. The second-order valence-corrected chi connectivity index (χ2v) is 6.71. The number of anilines is 1. The molecule has 9 nitrogen and oxygen atoms in total. The predicted octanol–water partition coefficient (Wildman–Crippen LogP) is 2.82. The van der Waals surface area contributed by atoms with Crippen LogP contribution in [0.2, 0.25) is 0 Å². The summed E-state index contributed by atoms with van der Waals surface area (Å²) >= 11 is 0. The van der Waals surface area contributed by atoms with Gasteiger partial charge < -0.3 is 19.6 Å². The Morgan fingerprint density at radius 3 is 2.45 bits per heavy atom. The lowest BCUT2D eigenvalue weighted by atomic mass is 10.1. The maximum atomic E-state index is 12.7. The number of rotatable bonds is 5. The molecule has 0 radical (unpaired) electrons. The Hall–Kier alpha value is -4.40. The number of hydrogen-bond donors (Lipinski definition) is 2. The van der Waals surface area contributed by atoms with Crippen LogP contribution < -0.4 is 5.32 Å². The van der Waals surface area contributed by atoms with E-state index < -0.39 is 23.7 Å². The molecule has 2 heterocycles. The number of nitrogens with one attached hydrogen (secondary N) is 1. The SMILES string of the molecule is COC(=O)c1ccc(NC(=O)c2ccc3c(c2)C(=O)N(Cc2ccco2)C3=O)c(O)c1. The van der Waals surface area contributed by atoms with Gasteiger partial charge in [0.05, 0.1) is 42.3 Å². The van der Waals surface area contributed by atoms with Gasteiger partial charge in [-0.1, -0.05) is 0 Å². The van der Waals surface area contributed by atoms with E-state index in [1.165, 1.54) is 49.8 Å². The number of benzene rings is 2. The van der Waals surface area contributed by atoms with Crippen molar-refractivity contribution in [2.45, 2.75) is 6.54 Å². The summed E-state index contributed by atoms with van der Waals surface area (Å²) < 4.78 is 9.78. The first-order chi connectivity index (χ1) is 14.9. The number of hydrogen-bond acceptors (Lipinski definition) is 7. The predicted molar refractivity (Wildman–Crippen MR) is 107 cm³/mol. The largest absolute Gasteiger partial charge is 0.506 e. The number of aromatic hydroxyl groups is 1. The second-order valence-electron chi connectivity index (χ2n) is 6.71. The molecular weight excluding hydrogens is 404 g/mol. The van der Waals surface area contributed by atoms with Crippen LogP contribution in [-0.2, 0) is 11.3 Å². The number of phenolic OH excluding ortho intramolecular Hbond substituents is 1. The van der Waals surface area contributed by atoms with E-state index in [9.17, 15) is 24.3 Å². The van der Waals surface area contributed by atoms with Crippen LogP contribution in [0, 0.1) is 0 Å². The topological polar surface area (TPSA) is 126 Å². The summed E-state index contributed by atoms with van der Waals surface area (Å²) in [6, 6.07) is 11.4. The van der Waals surface area contributed by atoms with Gasteiger partial charge in [0.2, 0.25) is 0 Å². The average molecular weight is 420 g/mol. The van der Waals surface area contributed by atoms with E-state index >= 15 is 0 Å². The first kappa shape index (κ1) is 19.9. The van der Waals surface area contributed by atoms with Crippen LogP contribution >= 0.6 is 0 Å². The van der Waals surface area contributed by atoms with Gasteiger partial charge in [0.25, 0.3) is 17.7 Å². The first-order valence-corrected chi connectivity index (χ1v) is 9.14. The highest BCUT2D eigenvalue weighted by Gasteiger charge is 2.36. The van der Waals surface area contributed by atoms with Gasteiger partial charge in [0.1, 0.15) is 11.5 Å². The molecule has 31 heavy (non-hydrogen) atoms. The maximum Gasteiger partial charge on any atom is 0.337 e. The van der Waals surface area contributed by atoms with E-state index in [1.807, 2.05) is 0 Å². The zero-order valence-electron chi connectivity index (χ0n) is 16.2. The molecule has 2 aromatic carbocycles. The molecule has 0 unspecified atom stereocenters. The summed E-state index contributed by atoms with van der Waals surface area (Å²) in [6.07, 6.45) is 1.45. The standard InChI is InChI=1S/C22H16N2O7/c1-30-22(29)13-5-7-17(18(25)10-13)23-19(26)12-4-6-15-16(9-12)21(28)24(20(15)27)11-14-3-2-8-31-14/h2-10,25H,11H2,1H3,(H,23,26). The van der Waals surface area contributed by atoms with E-state index in [4.69, 9.17) is 4.42 Å². The molecule has 0 atom stereocenters. The van der Waals surface area contributed by atoms with Crippen LogP contribution in [0.1, 0.15) is 47.2 Å². The van der Waals surface area contributed by atoms with Gasteiger partial charge >= 0.3 is 5.97 Å². The Bertz CT molecular complexity index is 1210. The lowest BCUT2D eigenvalue weighted by Gasteiger charge is -2.11. The van der Waals surface area contributed by atoms with Crippen LogP contribution in [0.3, 0.4) is 0 Å². The molecule has 156 valence electrons. The number of carbonyl (C=O) groups excluding carboxylic acids is 4. The van der Waals surface area contributed by atoms with E-state index in [2.05, 4.69) is 10.1 Å². The fourth-order valence-electron chi connectivity index (χ4n) is 3.21. The first-order valence-electron chi connectivity index (χ1n) is 9.14. The minimum Gasteiger partial charge on any atom is -0.506 e. The van der Waals surface area contributed by atoms with Crippen LogP contribution in [-0.4, -0.2) is 40.8 Å². The van der Waals surface area contributed by atoms with Gasteiger partial charge in [0.15, 0.2) is 0 Å². The molecule has 9 heteroatoms. The number of methoxy groups -OCH3 is 1. The summed E-state index contributed by atoms with van der Waals surface area (Å²) in [5, 5.41) is 12.6. The van der Waals surface area contributed by atoms with Gasteiger partial charge in [-0.05, 0) is 48.5 Å². The molecule has 1 aliphatic heterocycles. The fraction of sp³-hybridized carbons (Fsp3) is 0.0909. The Morgan fingerprint density at radius 1 is 1.03 bits per heavy atom. The van der Waals surface area contributed by atoms with Crippen LogP contribution in [0.4, 0.5) is 5.69 Å².